The highest BCUT2D eigenvalue weighted by Crippen LogP contribution is 2.21. The van der Waals surface area contributed by atoms with E-state index in [2.05, 4.69) is 81.6 Å². The van der Waals surface area contributed by atoms with Crippen molar-refractivity contribution in [3.8, 4) is 0 Å². The van der Waals surface area contributed by atoms with Gasteiger partial charge in [0, 0.05) is 12.1 Å². The first kappa shape index (κ1) is 14.8. The summed E-state index contributed by atoms with van der Waals surface area (Å²) in [6.07, 6.45) is 3.41. The monoisotopic (exact) mass is 267 g/mol. The highest BCUT2D eigenvalue weighted by atomic mass is 14.9. The van der Waals surface area contributed by atoms with Gasteiger partial charge in [-0.2, -0.15) is 0 Å². The van der Waals surface area contributed by atoms with E-state index in [0.29, 0.717) is 0 Å². The second-order valence-electron chi connectivity index (χ2n) is 6.33. The second kappa shape index (κ2) is 6.23. The van der Waals surface area contributed by atoms with Crippen molar-refractivity contribution in [3.63, 3.8) is 0 Å². The maximum absolute atomic E-state index is 3.57. The Balaban J connectivity index is 2.30. The van der Waals surface area contributed by atoms with Gasteiger partial charge in [0.15, 0.2) is 0 Å². The standard InChI is InChI=1S/C19H25N/c1-5-15(14-20-19(2,3)4)13-17-11-8-10-16-9-6-7-12-18(16)17/h6-13,20H,5,14H2,1-4H3. The van der Waals surface area contributed by atoms with Crippen LogP contribution in [0.25, 0.3) is 16.8 Å². The van der Waals surface area contributed by atoms with Gasteiger partial charge in [0.05, 0.1) is 0 Å². The lowest BCUT2D eigenvalue weighted by atomic mass is 10.0. The fourth-order valence-electron chi connectivity index (χ4n) is 2.25. The molecule has 106 valence electrons. The number of benzene rings is 2. The summed E-state index contributed by atoms with van der Waals surface area (Å²) in [7, 11) is 0. The molecule has 0 atom stereocenters. The summed E-state index contributed by atoms with van der Waals surface area (Å²) in [5.74, 6) is 0. The number of hydrogen-bond donors (Lipinski definition) is 1. The van der Waals surface area contributed by atoms with Crippen LogP contribution in [0.4, 0.5) is 0 Å². The zero-order valence-electron chi connectivity index (χ0n) is 13.0. The summed E-state index contributed by atoms with van der Waals surface area (Å²) in [6, 6.07) is 15.1. The highest BCUT2D eigenvalue weighted by molar-refractivity contribution is 5.90. The average molecular weight is 267 g/mol. The molecule has 0 radical (unpaired) electrons. The maximum atomic E-state index is 3.57. The van der Waals surface area contributed by atoms with Crippen LogP contribution in [0.15, 0.2) is 48.0 Å². The quantitative estimate of drug-likeness (QED) is 0.820. The molecule has 0 spiro atoms. The van der Waals surface area contributed by atoms with Crippen LogP contribution < -0.4 is 5.32 Å². The fourth-order valence-corrected chi connectivity index (χ4v) is 2.25. The van der Waals surface area contributed by atoms with E-state index in [9.17, 15) is 0 Å². The van der Waals surface area contributed by atoms with Gasteiger partial charge < -0.3 is 5.32 Å². The normalized spacial score (nSPS) is 12.9. The minimum atomic E-state index is 0.160. The van der Waals surface area contributed by atoms with Crippen LogP contribution in [0.3, 0.4) is 0 Å². The van der Waals surface area contributed by atoms with E-state index in [4.69, 9.17) is 0 Å². The molecule has 2 rings (SSSR count). The Bertz CT molecular complexity index is 597. The Labute approximate surface area is 122 Å². The van der Waals surface area contributed by atoms with Crippen molar-refractivity contribution in [2.24, 2.45) is 0 Å². The molecule has 0 aliphatic carbocycles. The molecule has 1 nitrogen and oxygen atoms in total. The van der Waals surface area contributed by atoms with E-state index >= 15 is 0 Å². The topological polar surface area (TPSA) is 12.0 Å². The van der Waals surface area contributed by atoms with Crippen LogP contribution in [-0.4, -0.2) is 12.1 Å². The SMILES string of the molecule is CCC(=Cc1cccc2ccccc12)CNC(C)(C)C. The molecular formula is C19H25N. The predicted molar refractivity (Wildman–Crippen MR) is 90.0 cm³/mol. The minimum absolute atomic E-state index is 0.160. The van der Waals surface area contributed by atoms with Crippen LogP contribution >= 0.6 is 0 Å². The minimum Gasteiger partial charge on any atom is -0.308 e. The Morgan fingerprint density at radius 3 is 2.45 bits per heavy atom. The summed E-state index contributed by atoms with van der Waals surface area (Å²) in [6.45, 7) is 9.79. The summed E-state index contributed by atoms with van der Waals surface area (Å²) >= 11 is 0. The first-order valence-electron chi connectivity index (χ1n) is 7.42. The molecule has 2 aromatic rings. The lowest BCUT2D eigenvalue weighted by Gasteiger charge is -2.21. The van der Waals surface area contributed by atoms with Crippen molar-refractivity contribution in [3.05, 3.63) is 53.6 Å². The van der Waals surface area contributed by atoms with E-state index < -0.39 is 0 Å². The lowest BCUT2D eigenvalue weighted by Crippen LogP contribution is -2.36. The summed E-state index contributed by atoms with van der Waals surface area (Å²) in [5.41, 5.74) is 2.92. The van der Waals surface area contributed by atoms with Gasteiger partial charge in [0.25, 0.3) is 0 Å². The van der Waals surface area contributed by atoms with Gasteiger partial charge in [-0.25, -0.2) is 0 Å². The molecule has 1 heteroatoms. The summed E-state index contributed by atoms with van der Waals surface area (Å²) < 4.78 is 0. The van der Waals surface area contributed by atoms with Crippen LogP contribution in [0, 0.1) is 0 Å². The van der Waals surface area contributed by atoms with Gasteiger partial charge in [0.2, 0.25) is 0 Å². The first-order chi connectivity index (χ1) is 9.49. The van der Waals surface area contributed by atoms with Crippen molar-refractivity contribution in [2.75, 3.05) is 6.54 Å². The molecule has 2 aromatic carbocycles. The van der Waals surface area contributed by atoms with Crippen molar-refractivity contribution in [1.29, 1.82) is 0 Å². The average Bonchev–Trinajstić information content (AvgIpc) is 2.42. The summed E-state index contributed by atoms with van der Waals surface area (Å²) in [4.78, 5) is 0. The molecule has 0 unspecified atom stereocenters. The molecule has 0 aromatic heterocycles. The molecule has 0 saturated heterocycles. The van der Waals surface area contributed by atoms with E-state index in [1.807, 2.05) is 0 Å². The van der Waals surface area contributed by atoms with Gasteiger partial charge in [-0.15, -0.1) is 0 Å². The number of rotatable bonds is 4. The molecule has 0 fully saturated rings. The third kappa shape index (κ3) is 3.94. The Morgan fingerprint density at radius 2 is 1.75 bits per heavy atom. The van der Waals surface area contributed by atoms with E-state index in [1.165, 1.54) is 21.9 Å². The van der Waals surface area contributed by atoms with Gasteiger partial charge in [-0.05, 0) is 43.5 Å². The van der Waals surface area contributed by atoms with Crippen molar-refractivity contribution >= 4 is 16.8 Å². The predicted octanol–water partition coefficient (Wildman–Crippen LogP) is 5.02. The first-order valence-corrected chi connectivity index (χ1v) is 7.42. The molecule has 0 saturated carbocycles. The van der Waals surface area contributed by atoms with Crippen LogP contribution in [0.5, 0.6) is 0 Å². The number of hydrogen-bond acceptors (Lipinski definition) is 1. The van der Waals surface area contributed by atoms with Gasteiger partial charge in [-0.1, -0.05) is 61.0 Å². The van der Waals surface area contributed by atoms with E-state index in [0.717, 1.165) is 13.0 Å². The maximum Gasteiger partial charge on any atom is 0.0172 e. The number of fused-ring (bicyclic) bond motifs is 1. The van der Waals surface area contributed by atoms with Crippen LogP contribution in [-0.2, 0) is 0 Å². The van der Waals surface area contributed by atoms with Gasteiger partial charge in [-0.3, -0.25) is 0 Å². The number of nitrogens with one attached hydrogen (secondary N) is 1. The van der Waals surface area contributed by atoms with E-state index in [1.54, 1.807) is 0 Å². The fraction of sp³-hybridized carbons (Fsp3) is 0.368. The van der Waals surface area contributed by atoms with Crippen molar-refractivity contribution in [1.82, 2.24) is 5.32 Å². The molecule has 1 N–H and O–H groups in total. The molecule has 0 aliphatic rings. The van der Waals surface area contributed by atoms with Gasteiger partial charge >= 0.3 is 0 Å². The Morgan fingerprint density at radius 1 is 1.05 bits per heavy atom. The Kier molecular flexibility index (Phi) is 4.61. The molecule has 20 heavy (non-hydrogen) atoms. The molecule has 0 aliphatic heterocycles. The summed E-state index contributed by atoms with van der Waals surface area (Å²) in [5, 5.41) is 6.21. The van der Waals surface area contributed by atoms with Gasteiger partial charge in [0.1, 0.15) is 0 Å². The van der Waals surface area contributed by atoms with Crippen LogP contribution in [0.2, 0.25) is 0 Å². The molecule has 0 heterocycles. The third-order valence-electron chi connectivity index (χ3n) is 3.48. The van der Waals surface area contributed by atoms with Crippen molar-refractivity contribution in [2.45, 2.75) is 39.7 Å². The third-order valence-corrected chi connectivity index (χ3v) is 3.48. The Hall–Kier alpha value is -1.60. The van der Waals surface area contributed by atoms with Crippen molar-refractivity contribution < 1.29 is 0 Å². The van der Waals surface area contributed by atoms with Crippen LogP contribution in [0.1, 0.15) is 39.7 Å². The van der Waals surface area contributed by atoms with E-state index in [-0.39, 0.29) is 5.54 Å². The highest BCUT2D eigenvalue weighted by Gasteiger charge is 2.09. The zero-order valence-corrected chi connectivity index (χ0v) is 13.0. The smallest absolute Gasteiger partial charge is 0.0172 e. The molecular weight excluding hydrogens is 242 g/mol. The molecule has 0 amide bonds. The second-order valence-corrected chi connectivity index (χ2v) is 6.33. The molecule has 0 bridgehead atoms. The zero-order chi connectivity index (χ0) is 14.6. The lowest BCUT2D eigenvalue weighted by molar-refractivity contribution is 0.443. The largest absolute Gasteiger partial charge is 0.308 e.